The quantitative estimate of drug-likeness (QED) is 0.836. The van der Waals surface area contributed by atoms with Gasteiger partial charge in [0, 0.05) is 18.3 Å². The normalized spacial score (nSPS) is 20.4. The van der Waals surface area contributed by atoms with Crippen molar-refractivity contribution in [2.24, 2.45) is 0 Å². The Kier molecular flexibility index (Phi) is 3.34. The van der Waals surface area contributed by atoms with Crippen LogP contribution >= 0.6 is 0 Å². The largest absolute Gasteiger partial charge is 0.467 e. The number of fused-ring (bicyclic) bond motifs is 1. The number of nitrogens with one attached hydrogen (secondary N) is 1. The molecule has 0 aliphatic carbocycles. The minimum atomic E-state index is -0.690. The van der Waals surface area contributed by atoms with Gasteiger partial charge in [-0.1, -0.05) is 18.2 Å². The smallest absolute Gasteiger partial charge is 0.265 e. The second kappa shape index (κ2) is 5.52. The predicted molar refractivity (Wildman–Crippen MR) is 84.9 cm³/mol. The fraction of sp³-hybridized carbons (Fsp3) is 0.235. The van der Waals surface area contributed by atoms with Gasteiger partial charge in [0.25, 0.3) is 5.91 Å². The summed E-state index contributed by atoms with van der Waals surface area (Å²) in [5.41, 5.74) is 1.45. The number of carbonyl (C=O) groups is 3. The third-order valence-electron chi connectivity index (χ3n) is 4.24. The predicted octanol–water partition coefficient (Wildman–Crippen LogP) is 1.01. The number of anilines is 1. The number of piperidine rings is 1. The molecular weight excluding hydrogens is 310 g/mol. The number of aromatic nitrogens is 1. The molecule has 7 nitrogen and oxygen atoms in total. The Labute approximate surface area is 137 Å². The first-order valence-electron chi connectivity index (χ1n) is 7.70. The van der Waals surface area contributed by atoms with E-state index in [1.165, 1.54) is 4.90 Å². The van der Waals surface area contributed by atoms with Gasteiger partial charge in [-0.15, -0.1) is 0 Å². The van der Waals surface area contributed by atoms with Gasteiger partial charge in [0.05, 0.1) is 0 Å². The standard InChI is InChI=1S/C17H15N3O4/c21-14-7-6-12(16(23)18-14)20-13-8-9-19(11-4-2-1-3-5-11)17(13)24-10-15(20)22/h1-5,8-9,12H,6-7,10H2,(H,18,21,23). The number of para-hydroxylation sites is 1. The highest BCUT2D eigenvalue weighted by Gasteiger charge is 2.39. The lowest BCUT2D eigenvalue weighted by Gasteiger charge is -2.35. The van der Waals surface area contributed by atoms with Gasteiger partial charge in [-0.05, 0) is 24.6 Å². The summed E-state index contributed by atoms with van der Waals surface area (Å²) in [6.45, 7) is -0.137. The number of rotatable bonds is 2. The van der Waals surface area contributed by atoms with Crippen molar-refractivity contribution < 1.29 is 19.1 Å². The third-order valence-corrected chi connectivity index (χ3v) is 4.24. The van der Waals surface area contributed by atoms with Crippen molar-refractivity contribution in [3.05, 3.63) is 42.6 Å². The lowest BCUT2D eigenvalue weighted by atomic mass is 10.0. The molecule has 7 heteroatoms. The summed E-state index contributed by atoms with van der Waals surface area (Å²) in [5, 5.41) is 2.30. The van der Waals surface area contributed by atoms with E-state index in [2.05, 4.69) is 5.32 Å². The molecule has 0 spiro atoms. The van der Waals surface area contributed by atoms with Crippen molar-refractivity contribution in [2.45, 2.75) is 18.9 Å². The van der Waals surface area contributed by atoms with Crippen LogP contribution in [0, 0.1) is 0 Å². The fourth-order valence-corrected chi connectivity index (χ4v) is 3.13. The molecular formula is C17H15N3O4. The number of nitrogens with zero attached hydrogens (tertiary/aromatic N) is 2. The van der Waals surface area contributed by atoms with Crippen molar-refractivity contribution in [3.8, 4) is 11.6 Å². The van der Waals surface area contributed by atoms with Crippen LogP contribution in [0.5, 0.6) is 5.88 Å². The zero-order valence-corrected chi connectivity index (χ0v) is 12.8. The molecule has 0 saturated carbocycles. The van der Waals surface area contributed by atoms with Crippen LogP contribution in [0.25, 0.3) is 5.69 Å². The van der Waals surface area contributed by atoms with Crippen LogP contribution in [0.15, 0.2) is 42.6 Å². The van der Waals surface area contributed by atoms with Gasteiger partial charge >= 0.3 is 0 Å². The zero-order chi connectivity index (χ0) is 16.7. The summed E-state index contributed by atoms with van der Waals surface area (Å²) in [6, 6.07) is 10.7. The van der Waals surface area contributed by atoms with E-state index in [0.29, 0.717) is 18.0 Å². The van der Waals surface area contributed by atoms with Crippen LogP contribution < -0.4 is 15.0 Å². The van der Waals surface area contributed by atoms with Crippen molar-refractivity contribution in [3.63, 3.8) is 0 Å². The first-order chi connectivity index (χ1) is 11.6. The number of hydrogen-bond donors (Lipinski definition) is 1. The Bertz CT molecular complexity index is 828. The van der Waals surface area contributed by atoms with E-state index < -0.39 is 11.9 Å². The molecule has 122 valence electrons. The van der Waals surface area contributed by atoms with Crippen molar-refractivity contribution in [1.82, 2.24) is 9.88 Å². The molecule has 2 aliphatic rings. The second-order valence-corrected chi connectivity index (χ2v) is 5.73. The lowest BCUT2D eigenvalue weighted by molar-refractivity contribution is -0.136. The molecule has 24 heavy (non-hydrogen) atoms. The summed E-state index contributed by atoms with van der Waals surface area (Å²) in [6.07, 6.45) is 2.33. The topological polar surface area (TPSA) is 80.6 Å². The number of amides is 3. The molecule has 3 heterocycles. The highest BCUT2D eigenvalue weighted by molar-refractivity contribution is 6.08. The maximum absolute atomic E-state index is 12.4. The molecule has 0 radical (unpaired) electrons. The van der Waals surface area contributed by atoms with Crippen LogP contribution in [0.3, 0.4) is 0 Å². The van der Waals surface area contributed by atoms with Gasteiger partial charge in [0.1, 0.15) is 11.7 Å². The van der Waals surface area contributed by atoms with E-state index in [-0.39, 0.29) is 24.8 Å². The number of hydrogen-bond acceptors (Lipinski definition) is 4. The van der Waals surface area contributed by atoms with E-state index in [9.17, 15) is 14.4 Å². The number of ether oxygens (including phenoxy) is 1. The van der Waals surface area contributed by atoms with Crippen molar-refractivity contribution >= 4 is 23.4 Å². The Morgan fingerprint density at radius 2 is 1.88 bits per heavy atom. The van der Waals surface area contributed by atoms with Gasteiger partial charge < -0.3 is 4.74 Å². The summed E-state index contributed by atoms with van der Waals surface area (Å²) >= 11 is 0. The highest BCUT2D eigenvalue weighted by atomic mass is 16.5. The second-order valence-electron chi connectivity index (χ2n) is 5.73. The molecule has 3 amide bonds. The maximum atomic E-state index is 12.4. The molecule has 1 saturated heterocycles. The van der Waals surface area contributed by atoms with E-state index in [4.69, 9.17) is 4.74 Å². The van der Waals surface area contributed by atoms with Gasteiger partial charge in [-0.25, -0.2) is 0 Å². The first kappa shape index (κ1) is 14.5. The van der Waals surface area contributed by atoms with Crippen LogP contribution in [0.1, 0.15) is 12.8 Å². The van der Waals surface area contributed by atoms with Crippen LogP contribution in [-0.4, -0.2) is 34.9 Å². The molecule has 1 atom stereocenters. The number of benzene rings is 1. The molecule has 1 aromatic heterocycles. The van der Waals surface area contributed by atoms with Gasteiger partial charge in [0.2, 0.25) is 17.7 Å². The Morgan fingerprint density at radius 1 is 1.08 bits per heavy atom. The fourth-order valence-electron chi connectivity index (χ4n) is 3.13. The van der Waals surface area contributed by atoms with E-state index in [1.54, 1.807) is 12.3 Å². The summed E-state index contributed by atoms with van der Waals surface area (Å²) in [4.78, 5) is 37.3. The van der Waals surface area contributed by atoms with E-state index in [0.717, 1.165) is 5.69 Å². The zero-order valence-electron chi connectivity index (χ0n) is 12.8. The van der Waals surface area contributed by atoms with Gasteiger partial charge in [0.15, 0.2) is 6.61 Å². The lowest BCUT2D eigenvalue weighted by Crippen LogP contribution is -2.56. The summed E-state index contributed by atoms with van der Waals surface area (Å²) < 4.78 is 7.45. The summed E-state index contributed by atoms with van der Waals surface area (Å²) in [5.74, 6) is -0.521. The average Bonchev–Trinajstić information content (AvgIpc) is 3.00. The molecule has 0 bridgehead atoms. The SMILES string of the molecule is O=C1CCC(N2C(=O)COc3c2ccn3-c2ccccc2)C(=O)N1. The molecule has 1 fully saturated rings. The highest BCUT2D eigenvalue weighted by Crippen LogP contribution is 2.37. The van der Waals surface area contributed by atoms with E-state index >= 15 is 0 Å². The average molecular weight is 325 g/mol. The molecule has 2 aliphatic heterocycles. The minimum Gasteiger partial charge on any atom is -0.467 e. The molecule has 4 rings (SSSR count). The number of imide groups is 1. The maximum Gasteiger partial charge on any atom is 0.265 e. The van der Waals surface area contributed by atoms with Crippen LogP contribution in [0.4, 0.5) is 5.69 Å². The van der Waals surface area contributed by atoms with Crippen LogP contribution in [0.2, 0.25) is 0 Å². The Hall–Kier alpha value is -3.09. The first-order valence-corrected chi connectivity index (χ1v) is 7.70. The summed E-state index contributed by atoms with van der Waals surface area (Å²) in [7, 11) is 0. The molecule has 1 aromatic carbocycles. The third kappa shape index (κ3) is 2.25. The Balaban J connectivity index is 1.74. The monoisotopic (exact) mass is 325 g/mol. The minimum absolute atomic E-state index is 0.137. The van der Waals surface area contributed by atoms with Crippen LogP contribution in [-0.2, 0) is 14.4 Å². The molecule has 1 N–H and O–H groups in total. The Morgan fingerprint density at radius 3 is 2.62 bits per heavy atom. The van der Waals surface area contributed by atoms with Gasteiger partial charge in [-0.3, -0.25) is 29.2 Å². The van der Waals surface area contributed by atoms with Crippen molar-refractivity contribution in [1.29, 1.82) is 0 Å². The van der Waals surface area contributed by atoms with Gasteiger partial charge in [-0.2, -0.15) is 0 Å². The molecule has 1 unspecified atom stereocenters. The molecule has 2 aromatic rings. The van der Waals surface area contributed by atoms with Crippen molar-refractivity contribution in [2.75, 3.05) is 11.5 Å². The number of carbonyl (C=O) groups excluding carboxylic acids is 3. The van der Waals surface area contributed by atoms with E-state index in [1.807, 2.05) is 34.9 Å².